The van der Waals surface area contributed by atoms with E-state index in [0.29, 0.717) is 0 Å². The van der Waals surface area contributed by atoms with Crippen molar-refractivity contribution in [1.29, 1.82) is 0 Å². The minimum atomic E-state index is 0.217. The smallest absolute Gasteiger partial charge is 0.0332 e. The van der Waals surface area contributed by atoms with Crippen molar-refractivity contribution in [1.82, 2.24) is 5.32 Å². The number of rotatable bonds is 7. The first kappa shape index (κ1) is 17.0. The lowest BCUT2D eigenvalue weighted by atomic mass is 9.71. The largest absolute Gasteiger partial charge is 0.329 e. The second-order valence-electron chi connectivity index (χ2n) is 7.24. The maximum Gasteiger partial charge on any atom is 0.0332 e. The quantitative estimate of drug-likeness (QED) is 0.737. The Hall–Kier alpha value is -0.0800. The molecule has 0 aliphatic heterocycles. The lowest BCUT2D eigenvalue weighted by Gasteiger charge is -2.45. The summed E-state index contributed by atoms with van der Waals surface area (Å²) in [5.41, 5.74) is 6.40. The van der Waals surface area contributed by atoms with E-state index in [4.69, 9.17) is 5.73 Å². The average molecular weight is 268 g/mol. The zero-order valence-corrected chi connectivity index (χ0v) is 13.8. The first-order valence-electron chi connectivity index (χ1n) is 8.42. The Morgan fingerprint density at radius 2 is 1.79 bits per heavy atom. The summed E-state index contributed by atoms with van der Waals surface area (Å²) in [5, 5.41) is 3.92. The van der Waals surface area contributed by atoms with Crippen LogP contribution in [0.1, 0.15) is 66.7 Å². The summed E-state index contributed by atoms with van der Waals surface area (Å²) in [6.07, 6.45) is 6.62. The highest BCUT2D eigenvalue weighted by atomic mass is 15.0. The number of nitrogens with two attached hydrogens (primary N) is 1. The van der Waals surface area contributed by atoms with Crippen molar-refractivity contribution in [2.45, 2.75) is 72.3 Å². The Labute approximate surface area is 120 Å². The van der Waals surface area contributed by atoms with E-state index in [2.05, 4.69) is 39.9 Å². The van der Waals surface area contributed by atoms with Crippen molar-refractivity contribution >= 4 is 0 Å². The van der Waals surface area contributed by atoms with Gasteiger partial charge in [-0.15, -0.1) is 0 Å². The van der Waals surface area contributed by atoms with Crippen molar-refractivity contribution < 1.29 is 0 Å². The fraction of sp³-hybridized carbons (Fsp3) is 1.00. The van der Waals surface area contributed by atoms with Crippen LogP contribution in [0.4, 0.5) is 0 Å². The summed E-state index contributed by atoms with van der Waals surface area (Å²) < 4.78 is 0. The van der Waals surface area contributed by atoms with Gasteiger partial charge in [-0.2, -0.15) is 0 Å². The zero-order valence-electron chi connectivity index (χ0n) is 13.8. The second kappa shape index (κ2) is 7.64. The molecule has 2 nitrogen and oxygen atoms in total. The van der Waals surface area contributed by atoms with Crippen LogP contribution in [0, 0.1) is 23.7 Å². The Morgan fingerprint density at radius 3 is 2.26 bits per heavy atom. The summed E-state index contributed by atoms with van der Waals surface area (Å²) in [6.45, 7) is 13.6. The van der Waals surface area contributed by atoms with Gasteiger partial charge in [0.2, 0.25) is 0 Å². The normalized spacial score (nSPS) is 28.6. The molecule has 2 heteroatoms. The van der Waals surface area contributed by atoms with Gasteiger partial charge in [0, 0.05) is 12.1 Å². The third-order valence-electron chi connectivity index (χ3n) is 5.47. The number of hydrogen-bond acceptors (Lipinski definition) is 2. The summed E-state index contributed by atoms with van der Waals surface area (Å²) in [5.74, 6) is 3.01. The minimum Gasteiger partial charge on any atom is -0.329 e. The SMILES string of the molecule is CCC1CCCCC1(CN)NCC(C(C)C)C(C)C. The molecule has 0 aromatic carbocycles. The molecule has 1 rings (SSSR count). The molecular formula is C17H36N2. The Balaban J connectivity index is 2.69. The molecule has 0 aromatic heterocycles. The van der Waals surface area contributed by atoms with Gasteiger partial charge in [-0.1, -0.05) is 53.9 Å². The van der Waals surface area contributed by atoms with Gasteiger partial charge in [0.1, 0.15) is 0 Å². The average Bonchev–Trinajstić information content (AvgIpc) is 2.38. The van der Waals surface area contributed by atoms with Gasteiger partial charge >= 0.3 is 0 Å². The van der Waals surface area contributed by atoms with Crippen molar-refractivity contribution in [2.24, 2.45) is 29.4 Å². The van der Waals surface area contributed by atoms with Crippen LogP contribution in [0.2, 0.25) is 0 Å². The zero-order chi connectivity index (χ0) is 14.5. The first-order valence-corrected chi connectivity index (χ1v) is 8.42. The van der Waals surface area contributed by atoms with Crippen molar-refractivity contribution in [3.63, 3.8) is 0 Å². The topological polar surface area (TPSA) is 38.0 Å². The van der Waals surface area contributed by atoms with Crippen LogP contribution in [0.15, 0.2) is 0 Å². The highest BCUT2D eigenvalue weighted by Gasteiger charge is 2.38. The van der Waals surface area contributed by atoms with E-state index in [1.807, 2.05) is 0 Å². The summed E-state index contributed by atoms with van der Waals surface area (Å²) in [4.78, 5) is 0. The van der Waals surface area contributed by atoms with E-state index in [9.17, 15) is 0 Å². The van der Waals surface area contributed by atoms with Crippen LogP contribution in [-0.2, 0) is 0 Å². The molecule has 1 fully saturated rings. The van der Waals surface area contributed by atoms with Crippen molar-refractivity contribution in [2.75, 3.05) is 13.1 Å². The van der Waals surface area contributed by atoms with Crippen LogP contribution in [-0.4, -0.2) is 18.6 Å². The lowest BCUT2D eigenvalue weighted by Crippen LogP contribution is -2.59. The molecule has 0 bridgehead atoms. The molecule has 0 amide bonds. The van der Waals surface area contributed by atoms with Crippen molar-refractivity contribution in [3.8, 4) is 0 Å². The standard InChI is InChI=1S/C17H36N2/c1-6-15-9-7-8-10-17(15,12-18)19-11-16(13(2)3)14(4)5/h13-16,19H,6-12,18H2,1-5H3. The van der Waals surface area contributed by atoms with E-state index in [1.54, 1.807) is 0 Å². The fourth-order valence-electron chi connectivity index (χ4n) is 4.04. The molecule has 3 N–H and O–H groups in total. The third-order valence-corrected chi connectivity index (χ3v) is 5.47. The van der Waals surface area contributed by atoms with E-state index in [1.165, 1.54) is 32.1 Å². The summed E-state index contributed by atoms with van der Waals surface area (Å²) in [6, 6.07) is 0. The molecule has 0 spiro atoms. The highest BCUT2D eigenvalue weighted by Crippen LogP contribution is 2.36. The third kappa shape index (κ3) is 4.19. The summed E-state index contributed by atoms with van der Waals surface area (Å²) in [7, 11) is 0. The molecule has 0 heterocycles. The molecule has 0 aromatic rings. The fourth-order valence-corrected chi connectivity index (χ4v) is 4.04. The Bertz CT molecular complexity index is 242. The molecule has 2 unspecified atom stereocenters. The number of hydrogen-bond donors (Lipinski definition) is 2. The summed E-state index contributed by atoms with van der Waals surface area (Å²) >= 11 is 0. The molecule has 0 saturated heterocycles. The molecular weight excluding hydrogens is 232 g/mol. The molecule has 1 aliphatic rings. The molecule has 0 radical (unpaired) electrons. The van der Waals surface area contributed by atoms with Gasteiger partial charge < -0.3 is 11.1 Å². The minimum absolute atomic E-state index is 0.217. The predicted octanol–water partition coefficient (Wildman–Crippen LogP) is 3.80. The molecule has 2 atom stereocenters. The van der Waals surface area contributed by atoms with Crippen molar-refractivity contribution in [3.05, 3.63) is 0 Å². The van der Waals surface area contributed by atoms with Gasteiger partial charge in [-0.3, -0.25) is 0 Å². The van der Waals surface area contributed by atoms with E-state index in [-0.39, 0.29) is 5.54 Å². The lowest BCUT2D eigenvalue weighted by molar-refractivity contribution is 0.125. The monoisotopic (exact) mass is 268 g/mol. The van der Waals surface area contributed by atoms with Gasteiger partial charge in [-0.05, 0) is 43.1 Å². The van der Waals surface area contributed by atoms with E-state index >= 15 is 0 Å². The van der Waals surface area contributed by atoms with Crippen LogP contribution in [0.5, 0.6) is 0 Å². The second-order valence-corrected chi connectivity index (χ2v) is 7.24. The molecule has 19 heavy (non-hydrogen) atoms. The van der Waals surface area contributed by atoms with Gasteiger partial charge in [-0.25, -0.2) is 0 Å². The maximum absolute atomic E-state index is 6.18. The van der Waals surface area contributed by atoms with Gasteiger partial charge in [0.15, 0.2) is 0 Å². The van der Waals surface area contributed by atoms with Crippen LogP contribution in [0.25, 0.3) is 0 Å². The molecule has 1 saturated carbocycles. The van der Waals surface area contributed by atoms with E-state index in [0.717, 1.165) is 36.8 Å². The maximum atomic E-state index is 6.18. The van der Waals surface area contributed by atoms with Crippen LogP contribution < -0.4 is 11.1 Å². The van der Waals surface area contributed by atoms with Gasteiger partial charge in [0.25, 0.3) is 0 Å². The number of nitrogens with one attached hydrogen (secondary N) is 1. The predicted molar refractivity (Wildman–Crippen MR) is 85.2 cm³/mol. The van der Waals surface area contributed by atoms with Crippen LogP contribution >= 0.6 is 0 Å². The molecule has 114 valence electrons. The Kier molecular flexibility index (Phi) is 6.82. The Morgan fingerprint density at radius 1 is 1.16 bits per heavy atom. The van der Waals surface area contributed by atoms with Gasteiger partial charge in [0.05, 0.1) is 0 Å². The van der Waals surface area contributed by atoms with E-state index < -0.39 is 0 Å². The highest BCUT2D eigenvalue weighted by molar-refractivity contribution is 4.98. The molecule has 1 aliphatic carbocycles. The van der Waals surface area contributed by atoms with Crippen LogP contribution in [0.3, 0.4) is 0 Å². The first-order chi connectivity index (χ1) is 8.96.